The Bertz CT molecular complexity index is 431. The van der Waals surface area contributed by atoms with Gasteiger partial charge < -0.3 is 9.72 Å². The van der Waals surface area contributed by atoms with Gasteiger partial charge in [0.2, 0.25) is 0 Å². The molecular formula is C12H18N2O2. The molecule has 0 aliphatic heterocycles. The van der Waals surface area contributed by atoms with Gasteiger partial charge in [-0.05, 0) is 26.2 Å². The minimum atomic E-state index is -0.496. The number of methoxy groups -OCH3 is 1. The molecular weight excluding hydrogens is 204 g/mol. The molecule has 0 aromatic carbocycles. The van der Waals surface area contributed by atoms with Crippen molar-refractivity contribution in [3.05, 3.63) is 27.9 Å². The van der Waals surface area contributed by atoms with Crippen LogP contribution in [0.15, 0.2) is 10.9 Å². The number of nitrogens with zero attached hydrogens (tertiary/aromatic N) is 1. The molecule has 88 valence electrons. The summed E-state index contributed by atoms with van der Waals surface area (Å²) in [5.74, 6) is 1.13. The number of rotatable bonds is 4. The maximum atomic E-state index is 11.6. The number of hydrogen-bond acceptors (Lipinski definition) is 3. The number of ether oxygens (including phenoxy) is 1. The van der Waals surface area contributed by atoms with E-state index in [9.17, 15) is 4.79 Å². The molecule has 0 amide bonds. The smallest absolute Gasteiger partial charge is 0.251 e. The van der Waals surface area contributed by atoms with Crippen LogP contribution in [-0.4, -0.2) is 17.1 Å². The van der Waals surface area contributed by atoms with Crippen molar-refractivity contribution in [2.75, 3.05) is 7.11 Å². The number of aromatic nitrogens is 2. The molecule has 4 heteroatoms. The fourth-order valence-corrected chi connectivity index (χ4v) is 1.72. The minimum absolute atomic E-state index is 0.0800. The van der Waals surface area contributed by atoms with Crippen LogP contribution in [0.5, 0.6) is 0 Å². The average molecular weight is 222 g/mol. The van der Waals surface area contributed by atoms with E-state index in [-0.39, 0.29) is 5.56 Å². The van der Waals surface area contributed by atoms with Gasteiger partial charge in [0.25, 0.3) is 5.56 Å². The largest absolute Gasteiger partial charge is 0.371 e. The van der Waals surface area contributed by atoms with Gasteiger partial charge in [-0.1, -0.05) is 6.92 Å². The van der Waals surface area contributed by atoms with Crippen LogP contribution in [0, 0.1) is 0 Å². The van der Waals surface area contributed by atoms with Crippen LogP contribution in [-0.2, 0) is 10.3 Å². The second kappa shape index (κ2) is 4.01. The number of hydrogen-bond donors (Lipinski definition) is 1. The quantitative estimate of drug-likeness (QED) is 0.846. The van der Waals surface area contributed by atoms with Crippen molar-refractivity contribution in [1.82, 2.24) is 9.97 Å². The SMILES string of the molecule is CCC(C)(OC)c1nc(C2CC2)cc(=O)[nH]1. The minimum Gasteiger partial charge on any atom is -0.371 e. The summed E-state index contributed by atoms with van der Waals surface area (Å²) in [4.78, 5) is 18.9. The molecule has 0 saturated heterocycles. The van der Waals surface area contributed by atoms with Gasteiger partial charge in [-0.15, -0.1) is 0 Å². The van der Waals surface area contributed by atoms with Gasteiger partial charge in [-0.25, -0.2) is 4.98 Å². The third-order valence-electron chi connectivity index (χ3n) is 3.38. The van der Waals surface area contributed by atoms with E-state index in [0.29, 0.717) is 11.7 Å². The fourth-order valence-electron chi connectivity index (χ4n) is 1.72. The zero-order valence-corrected chi connectivity index (χ0v) is 10.0. The molecule has 1 heterocycles. The van der Waals surface area contributed by atoms with Gasteiger partial charge in [-0.2, -0.15) is 0 Å². The molecule has 1 unspecified atom stereocenters. The number of nitrogens with one attached hydrogen (secondary N) is 1. The zero-order chi connectivity index (χ0) is 11.8. The summed E-state index contributed by atoms with van der Waals surface area (Å²) in [6.45, 7) is 3.97. The summed E-state index contributed by atoms with van der Waals surface area (Å²) in [6, 6.07) is 1.60. The molecule has 0 radical (unpaired) electrons. The van der Waals surface area contributed by atoms with Crippen LogP contribution in [0.1, 0.15) is 50.5 Å². The molecule has 0 spiro atoms. The van der Waals surface area contributed by atoms with Gasteiger partial charge in [0.1, 0.15) is 11.4 Å². The predicted molar refractivity (Wildman–Crippen MR) is 61.5 cm³/mol. The van der Waals surface area contributed by atoms with E-state index in [0.717, 1.165) is 25.0 Å². The highest BCUT2D eigenvalue weighted by atomic mass is 16.5. The standard InChI is InChI=1S/C12H18N2O2/c1-4-12(2,16-3)11-13-9(8-5-6-8)7-10(15)14-11/h7-8H,4-6H2,1-3H3,(H,13,14,15). The van der Waals surface area contributed by atoms with Crippen molar-refractivity contribution in [3.8, 4) is 0 Å². The first-order chi connectivity index (χ1) is 7.59. The third-order valence-corrected chi connectivity index (χ3v) is 3.38. The summed E-state index contributed by atoms with van der Waals surface area (Å²) in [5, 5.41) is 0. The van der Waals surface area contributed by atoms with Gasteiger partial charge >= 0.3 is 0 Å². The topological polar surface area (TPSA) is 55.0 Å². The Hall–Kier alpha value is -1.16. The highest BCUT2D eigenvalue weighted by Crippen LogP contribution is 2.39. The Labute approximate surface area is 95.1 Å². The molecule has 1 fully saturated rings. The van der Waals surface area contributed by atoms with Crippen LogP contribution in [0.2, 0.25) is 0 Å². The Morgan fingerprint density at radius 2 is 2.31 bits per heavy atom. The molecule has 4 nitrogen and oxygen atoms in total. The Morgan fingerprint density at radius 1 is 1.62 bits per heavy atom. The molecule has 1 saturated carbocycles. The van der Waals surface area contributed by atoms with E-state index < -0.39 is 5.60 Å². The van der Waals surface area contributed by atoms with Gasteiger partial charge in [0.05, 0.1) is 5.69 Å². The van der Waals surface area contributed by atoms with Gasteiger partial charge in [0, 0.05) is 19.1 Å². The molecule has 1 aliphatic carbocycles. The van der Waals surface area contributed by atoms with Crippen molar-refractivity contribution in [2.24, 2.45) is 0 Å². The summed E-state index contributed by atoms with van der Waals surface area (Å²) in [7, 11) is 1.65. The second-order valence-corrected chi connectivity index (χ2v) is 4.58. The first-order valence-corrected chi connectivity index (χ1v) is 5.76. The molecule has 1 aromatic heterocycles. The van der Waals surface area contributed by atoms with Crippen molar-refractivity contribution < 1.29 is 4.74 Å². The van der Waals surface area contributed by atoms with Crippen LogP contribution in [0.3, 0.4) is 0 Å². The predicted octanol–water partition coefficient (Wildman–Crippen LogP) is 1.92. The average Bonchev–Trinajstić information content (AvgIpc) is 3.11. The van der Waals surface area contributed by atoms with E-state index >= 15 is 0 Å². The van der Waals surface area contributed by atoms with Gasteiger partial charge in [0.15, 0.2) is 0 Å². The Morgan fingerprint density at radius 3 is 2.81 bits per heavy atom. The molecule has 2 rings (SSSR count). The molecule has 1 N–H and O–H groups in total. The lowest BCUT2D eigenvalue weighted by molar-refractivity contribution is -0.00935. The van der Waals surface area contributed by atoms with E-state index in [1.807, 2.05) is 13.8 Å². The lowest BCUT2D eigenvalue weighted by Crippen LogP contribution is -2.29. The lowest BCUT2D eigenvalue weighted by Gasteiger charge is -2.25. The van der Waals surface area contributed by atoms with E-state index in [2.05, 4.69) is 9.97 Å². The monoisotopic (exact) mass is 222 g/mol. The van der Waals surface area contributed by atoms with Crippen molar-refractivity contribution >= 4 is 0 Å². The van der Waals surface area contributed by atoms with Crippen molar-refractivity contribution in [1.29, 1.82) is 0 Å². The van der Waals surface area contributed by atoms with Crippen LogP contribution in [0.25, 0.3) is 0 Å². The fraction of sp³-hybridized carbons (Fsp3) is 0.667. The summed E-state index contributed by atoms with van der Waals surface area (Å²) in [5.41, 5.74) is 0.337. The van der Waals surface area contributed by atoms with Crippen molar-refractivity contribution in [3.63, 3.8) is 0 Å². The highest BCUT2D eigenvalue weighted by Gasteiger charge is 2.31. The highest BCUT2D eigenvalue weighted by molar-refractivity contribution is 5.16. The van der Waals surface area contributed by atoms with Crippen LogP contribution < -0.4 is 5.56 Å². The first kappa shape index (κ1) is 11.3. The summed E-state index contributed by atoms with van der Waals surface area (Å²) >= 11 is 0. The van der Waals surface area contributed by atoms with Crippen LogP contribution >= 0.6 is 0 Å². The Balaban J connectivity index is 2.43. The lowest BCUT2D eigenvalue weighted by atomic mass is 10.0. The summed E-state index contributed by atoms with van der Waals surface area (Å²) in [6.07, 6.45) is 3.07. The number of H-pyrrole nitrogens is 1. The Kier molecular flexibility index (Phi) is 2.84. The van der Waals surface area contributed by atoms with E-state index in [1.54, 1.807) is 13.2 Å². The molecule has 1 aliphatic rings. The van der Waals surface area contributed by atoms with Crippen molar-refractivity contribution in [2.45, 2.75) is 44.6 Å². The third kappa shape index (κ3) is 2.02. The molecule has 1 aromatic rings. The number of aromatic amines is 1. The van der Waals surface area contributed by atoms with E-state index in [4.69, 9.17) is 4.74 Å². The normalized spacial score (nSPS) is 19.4. The van der Waals surface area contributed by atoms with E-state index in [1.165, 1.54) is 0 Å². The maximum absolute atomic E-state index is 11.6. The zero-order valence-electron chi connectivity index (χ0n) is 10.0. The molecule has 0 bridgehead atoms. The second-order valence-electron chi connectivity index (χ2n) is 4.58. The molecule has 1 atom stereocenters. The molecule has 16 heavy (non-hydrogen) atoms. The maximum Gasteiger partial charge on any atom is 0.251 e. The summed E-state index contributed by atoms with van der Waals surface area (Å²) < 4.78 is 5.45. The van der Waals surface area contributed by atoms with Gasteiger partial charge in [-0.3, -0.25) is 4.79 Å². The first-order valence-electron chi connectivity index (χ1n) is 5.76. The van der Waals surface area contributed by atoms with Crippen LogP contribution in [0.4, 0.5) is 0 Å².